The van der Waals surface area contributed by atoms with E-state index >= 15 is 0 Å². The van der Waals surface area contributed by atoms with Gasteiger partial charge in [-0.2, -0.15) is 13.2 Å². The predicted octanol–water partition coefficient (Wildman–Crippen LogP) is 2.71. The number of hydrogen-bond acceptors (Lipinski definition) is 3. The van der Waals surface area contributed by atoms with Crippen LogP contribution in [0.2, 0.25) is 0 Å². The van der Waals surface area contributed by atoms with Gasteiger partial charge in [0.25, 0.3) is 0 Å². The summed E-state index contributed by atoms with van der Waals surface area (Å²) >= 11 is 0. The van der Waals surface area contributed by atoms with Crippen molar-refractivity contribution >= 4 is 5.97 Å². The molecule has 0 aromatic heterocycles. The number of hydrogen-bond donors (Lipinski definition) is 1. The van der Waals surface area contributed by atoms with E-state index in [0.29, 0.717) is 19.4 Å². The minimum atomic E-state index is -4.37. The highest BCUT2D eigenvalue weighted by molar-refractivity contribution is 5.75. The summed E-state index contributed by atoms with van der Waals surface area (Å²) in [6.07, 6.45) is -3.48. The Balaban J connectivity index is 2.26. The normalized spacial score (nSPS) is 23.4. The highest BCUT2D eigenvalue weighted by atomic mass is 19.4. The average Bonchev–Trinajstić information content (AvgIpc) is 2.45. The molecule has 1 heterocycles. The molecule has 2 atom stereocenters. The molecule has 3 nitrogen and oxygen atoms in total. The Kier molecular flexibility index (Phi) is 4.32. The van der Waals surface area contributed by atoms with Gasteiger partial charge in [0.05, 0.1) is 12.7 Å². The van der Waals surface area contributed by atoms with Crippen molar-refractivity contribution in [3.8, 4) is 0 Å². The van der Waals surface area contributed by atoms with Crippen LogP contribution in [0.15, 0.2) is 24.3 Å². The zero-order valence-corrected chi connectivity index (χ0v) is 11.0. The summed E-state index contributed by atoms with van der Waals surface area (Å²) in [5.74, 6) is -0.725. The molecule has 0 spiro atoms. The first-order valence-electron chi connectivity index (χ1n) is 6.41. The first-order valence-corrected chi connectivity index (χ1v) is 6.41. The lowest BCUT2D eigenvalue weighted by Gasteiger charge is -2.30. The largest absolute Gasteiger partial charge is 0.468 e. The summed E-state index contributed by atoms with van der Waals surface area (Å²) in [7, 11) is 1.28. The molecule has 0 bridgehead atoms. The molecule has 0 saturated carbocycles. The lowest BCUT2D eigenvalue weighted by atomic mass is 9.84. The van der Waals surface area contributed by atoms with Crippen LogP contribution in [0.1, 0.15) is 29.9 Å². The monoisotopic (exact) mass is 287 g/mol. The van der Waals surface area contributed by atoms with E-state index in [1.165, 1.54) is 19.2 Å². The van der Waals surface area contributed by atoms with Gasteiger partial charge in [-0.1, -0.05) is 18.2 Å². The van der Waals surface area contributed by atoms with E-state index in [9.17, 15) is 18.0 Å². The summed E-state index contributed by atoms with van der Waals surface area (Å²) < 4.78 is 43.7. The zero-order chi connectivity index (χ0) is 14.8. The summed E-state index contributed by atoms with van der Waals surface area (Å²) in [5, 5.41) is 2.97. The molecule has 1 fully saturated rings. The first kappa shape index (κ1) is 14.8. The van der Waals surface area contributed by atoms with Crippen LogP contribution in [0.5, 0.6) is 0 Å². The molecule has 6 heteroatoms. The minimum absolute atomic E-state index is 0.260. The van der Waals surface area contributed by atoms with Crippen LogP contribution in [-0.2, 0) is 15.7 Å². The molecule has 1 aromatic rings. The standard InChI is InChI=1S/C14H16F3NO2/c1-20-13(19)12-8-9(6-7-18-12)10-4-2-3-5-11(10)14(15,16)17/h2-5,9,12,18H,6-8H2,1H3/t9-,12-/m0/s1. The van der Waals surface area contributed by atoms with Gasteiger partial charge in [0.2, 0.25) is 0 Å². The number of carbonyl (C=O) groups is 1. The van der Waals surface area contributed by atoms with Gasteiger partial charge in [0, 0.05) is 0 Å². The number of benzene rings is 1. The third-order valence-corrected chi connectivity index (χ3v) is 3.60. The fraction of sp³-hybridized carbons (Fsp3) is 0.500. The molecule has 2 rings (SSSR count). The van der Waals surface area contributed by atoms with E-state index in [1.54, 1.807) is 6.07 Å². The van der Waals surface area contributed by atoms with Crippen LogP contribution in [0.3, 0.4) is 0 Å². The lowest BCUT2D eigenvalue weighted by molar-refractivity contribution is -0.143. The Hall–Kier alpha value is -1.56. The molecule has 0 unspecified atom stereocenters. The van der Waals surface area contributed by atoms with Gasteiger partial charge in [0.1, 0.15) is 6.04 Å². The summed E-state index contributed by atoms with van der Waals surface area (Å²) in [5.41, 5.74) is -0.356. The number of rotatable bonds is 2. The van der Waals surface area contributed by atoms with E-state index in [4.69, 9.17) is 0 Å². The summed E-state index contributed by atoms with van der Waals surface area (Å²) in [4.78, 5) is 11.5. The van der Waals surface area contributed by atoms with Gasteiger partial charge in [-0.25, -0.2) is 0 Å². The third-order valence-electron chi connectivity index (χ3n) is 3.60. The predicted molar refractivity (Wildman–Crippen MR) is 67.2 cm³/mol. The van der Waals surface area contributed by atoms with Crippen LogP contribution >= 0.6 is 0 Å². The zero-order valence-electron chi connectivity index (χ0n) is 11.0. The minimum Gasteiger partial charge on any atom is -0.468 e. The van der Waals surface area contributed by atoms with Gasteiger partial charge in [0.15, 0.2) is 0 Å². The topological polar surface area (TPSA) is 38.3 Å². The molecule has 0 aliphatic carbocycles. The second-order valence-electron chi connectivity index (χ2n) is 4.84. The van der Waals surface area contributed by atoms with E-state index in [-0.39, 0.29) is 11.5 Å². The molecular formula is C14H16F3NO2. The van der Waals surface area contributed by atoms with E-state index in [0.717, 1.165) is 6.07 Å². The molecule has 1 aliphatic heterocycles. The molecule has 110 valence electrons. The quantitative estimate of drug-likeness (QED) is 0.850. The van der Waals surface area contributed by atoms with Crippen LogP contribution in [-0.4, -0.2) is 25.7 Å². The van der Waals surface area contributed by atoms with Crippen LogP contribution in [0.4, 0.5) is 13.2 Å². The molecule has 0 radical (unpaired) electrons. The second kappa shape index (κ2) is 5.83. The fourth-order valence-corrected chi connectivity index (χ4v) is 2.63. The summed E-state index contributed by atoms with van der Waals surface area (Å²) in [6, 6.07) is 5.02. The lowest BCUT2D eigenvalue weighted by Crippen LogP contribution is -2.43. The number of halogens is 3. The Morgan fingerprint density at radius 3 is 2.70 bits per heavy atom. The maximum atomic E-state index is 13.0. The van der Waals surface area contributed by atoms with Gasteiger partial charge in [-0.3, -0.25) is 4.79 Å². The van der Waals surface area contributed by atoms with Crippen molar-refractivity contribution in [1.29, 1.82) is 0 Å². The maximum absolute atomic E-state index is 13.0. The van der Waals surface area contributed by atoms with Crippen molar-refractivity contribution in [3.05, 3.63) is 35.4 Å². The fourth-order valence-electron chi connectivity index (χ4n) is 2.63. The smallest absolute Gasteiger partial charge is 0.416 e. The molecule has 0 amide bonds. The molecular weight excluding hydrogens is 271 g/mol. The van der Waals surface area contributed by atoms with E-state index in [2.05, 4.69) is 10.1 Å². The van der Waals surface area contributed by atoms with Crippen molar-refractivity contribution in [1.82, 2.24) is 5.32 Å². The van der Waals surface area contributed by atoms with Gasteiger partial charge in [-0.15, -0.1) is 0 Å². The SMILES string of the molecule is COC(=O)[C@@H]1C[C@@H](c2ccccc2C(F)(F)F)CCN1. The number of ether oxygens (including phenoxy) is 1. The number of alkyl halides is 3. The Morgan fingerprint density at radius 2 is 2.05 bits per heavy atom. The molecule has 1 N–H and O–H groups in total. The van der Waals surface area contributed by atoms with E-state index < -0.39 is 23.8 Å². The van der Waals surface area contributed by atoms with Gasteiger partial charge in [-0.05, 0) is 36.9 Å². The number of carbonyl (C=O) groups excluding carboxylic acids is 1. The number of nitrogens with one attached hydrogen (secondary N) is 1. The van der Waals surface area contributed by atoms with Crippen LogP contribution < -0.4 is 5.32 Å². The molecule has 1 aliphatic rings. The van der Waals surface area contributed by atoms with Crippen LogP contribution in [0.25, 0.3) is 0 Å². The average molecular weight is 287 g/mol. The molecule has 1 aromatic carbocycles. The van der Waals surface area contributed by atoms with Crippen molar-refractivity contribution in [3.63, 3.8) is 0 Å². The highest BCUT2D eigenvalue weighted by Gasteiger charge is 2.37. The first-order chi connectivity index (χ1) is 9.43. The van der Waals surface area contributed by atoms with Crippen molar-refractivity contribution in [2.75, 3.05) is 13.7 Å². The molecule has 20 heavy (non-hydrogen) atoms. The maximum Gasteiger partial charge on any atom is 0.416 e. The van der Waals surface area contributed by atoms with Crippen molar-refractivity contribution in [2.24, 2.45) is 0 Å². The highest BCUT2D eigenvalue weighted by Crippen LogP contribution is 2.38. The number of piperidine rings is 1. The summed E-state index contributed by atoms with van der Waals surface area (Å²) in [6.45, 7) is 0.497. The second-order valence-corrected chi connectivity index (χ2v) is 4.84. The van der Waals surface area contributed by atoms with Crippen molar-refractivity contribution < 1.29 is 22.7 Å². The van der Waals surface area contributed by atoms with Gasteiger partial charge >= 0.3 is 12.1 Å². The van der Waals surface area contributed by atoms with Crippen molar-refractivity contribution in [2.45, 2.75) is 31.0 Å². The van der Waals surface area contributed by atoms with Gasteiger partial charge < -0.3 is 10.1 Å². The number of methoxy groups -OCH3 is 1. The molecule has 1 saturated heterocycles. The van der Waals surface area contributed by atoms with E-state index in [1.807, 2.05) is 0 Å². The van der Waals surface area contributed by atoms with Crippen LogP contribution in [0, 0.1) is 0 Å². The number of esters is 1. The Labute approximate surface area is 115 Å². The Morgan fingerprint density at radius 1 is 1.35 bits per heavy atom. The Bertz CT molecular complexity index is 488. The third kappa shape index (κ3) is 3.12.